The molecule has 1 aliphatic rings. The number of carbonyl (C=O) groups is 1. The van der Waals surface area contributed by atoms with Crippen molar-refractivity contribution >= 4 is 17.6 Å². The van der Waals surface area contributed by atoms with Crippen LogP contribution in [0.15, 0.2) is 12.1 Å². The van der Waals surface area contributed by atoms with Crippen LogP contribution in [0, 0.1) is 0 Å². The van der Waals surface area contributed by atoms with E-state index in [1.54, 1.807) is 19.2 Å². The second kappa shape index (κ2) is 5.39. The molecule has 0 aromatic heterocycles. The second-order valence-electron chi connectivity index (χ2n) is 4.82. The molecule has 0 heterocycles. The Morgan fingerprint density at radius 3 is 2.53 bits per heavy atom. The fourth-order valence-corrected chi connectivity index (χ4v) is 2.84. The Kier molecular flexibility index (Phi) is 4.02. The summed E-state index contributed by atoms with van der Waals surface area (Å²) in [4.78, 5) is 11.6. The first-order valence-electron chi connectivity index (χ1n) is 6.14. The van der Waals surface area contributed by atoms with Gasteiger partial charge < -0.3 is 14.6 Å². The van der Waals surface area contributed by atoms with Gasteiger partial charge in [0.2, 0.25) is 0 Å². The maximum atomic E-state index is 11.6. The molecule has 1 aromatic carbocycles. The smallest absolute Gasteiger partial charge is 0.314 e. The van der Waals surface area contributed by atoms with Gasteiger partial charge in [-0.2, -0.15) is 0 Å². The molecule has 1 N–H and O–H groups in total. The first-order valence-corrected chi connectivity index (χ1v) is 6.52. The largest absolute Gasteiger partial charge is 0.495 e. The minimum Gasteiger partial charge on any atom is -0.495 e. The number of carboxylic acids is 1. The van der Waals surface area contributed by atoms with Crippen LogP contribution in [0.1, 0.15) is 30.4 Å². The number of ether oxygens (including phenoxy) is 2. The lowest BCUT2D eigenvalue weighted by atomic mass is 9.63. The number of halogens is 1. The van der Waals surface area contributed by atoms with E-state index in [0.717, 1.165) is 17.5 Å². The fourth-order valence-electron chi connectivity index (χ4n) is 2.60. The van der Waals surface area contributed by atoms with E-state index in [0.29, 0.717) is 30.2 Å². The van der Waals surface area contributed by atoms with E-state index in [4.69, 9.17) is 21.1 Å². The standard InChI is InChI=1S/C14H17ClO4/c1-18-8-9-6-12(19-2)11(15)7-10(9)14(13(16)17)4-3-5-14/h6-7H,3-5,8H2,1-2H3,(H,16,17). The quantitative estimate of drug-likeness (QED) is 0.903. The van der Waals surface area contributed by atoms with Crippen LogP contribution in [-0.2, 0) is 21.6 Å². The Balaban J connectivity index is 2.54. The van der Waals surface area contributed by atoms with E-state index in [1.165, 1.54) is 7.11 Å². The topological polar surface area (TPSA) is 55.8 Å². The van der Waals surface area contributed by atoms with Gasteiger partial charge in [-0.25, -0.2) is 0 Å². The molecule has 0 bridgehead atoms. The summed E-state index contributed by atoms with van der Waals surface area (Å²) in [5.41, 5.74) is 0.758. The molecule has 5 heteroatoms. The van der Waals surface area contributed by atoms with Crippen LogP contribution >= 0.6 is 11.6 Å². The Morgan fingerprint density at radius 2 is 2.11 bits per heavy atom. The van der Waals surface area contributed by atoms with Crippen LogP contribution in [0.5, 0.6) is 5.75 Å². The number of methoxy groups -OCH3 is 2. The molecule has 0 radical (unpaired) electrons. The molecule has 2 rings (SSSR count). The first kappa shape index (κ1) is 14.2. The van der Waals surface area contributed by atoms with Crippen LogP contribution < -0.4 is 4.74 Å². The Bertz CT molecular complexity index is 494. The van der Waals surface area contributed by atoms with Gasteiger partial charge in [0.05, 0.1) is 24.2 Å². The summed E-state index contributed by atoms with van der Waals surface area (Å²) in [7, 11) is 3.12. The number of hydrogen-bond acceptors (Lipinski definition) is 3. The van der Waals surface area contributed by atoms with Gasteiger partial charge in [-0.3, -0.25) is 4.79 Å². The minimum atomic E-state index is -0.816. The highest BCUT2D eigenvalue weighted by atomic mass is 35.5. The van der Waals surface area contributed by atoms with Crippen LogP contribution in [-0.4, -0.2) is 25.3 Å². The number of benzene rings is 1. The average Bonchev–Trinajstić information content (AvgIpc) is 2.30. The van der Waals surface area contributed by atoms with Gasteiger partial charge in [0, 0.05) is 7.11 Å². The van der Waals surface area contributed by atoms with E-state index >= 15 is 0 Å². The number of aliphatic carboxylic acids is 1. The van der Waals surface area contributed by atoms with Crippen molar-refractivity contribution in [3.63, 3.8) is 0 Å². The third-order valence-corrected chi connectivity index (χ3v) is 4.10. The zero-order valence-electron chi connectivity index (χ0n) is 11.0. The fraction of sp³-hybridized carbons (Fsp3) is 0.500. The molecule has 1 saturated carbocycles. The predicted molar refractivity (Wildman–Crippen MR) is 71.9 cm³/mol. The lowest BCUT2D eigenvalue weighted by Crippen LogP contribution is -2.43. The zero-order valence-corrected chi connectivity index (χ0v) is 11.8. The summed E-state index contributed by atoms with van der Waals surface area (Å²) in [5.74, 6) is -0.255. The van der Waals surface area contributed by atoms with Gasteiger partial charge in [-0.15, -0.1) is 0 Å². The normalized spacial score (nSPS) is 16.8. The second-order valence-corrected chi connectivity index (χ2v) is 5.22. The summed E-state index contributed by atoms with van der Waals surface area (Å²) < 4.78 is 10.3. The van der Waals surface area contributed by atoms with Crippen molar-refractivity contribution in [1.29, 1.82) is 0 Å². The molecule has 0 unspecified atom stereocenters. The van der Waals surface area contributed by atoms with Crippen molar-refractivity contribution in [2.24, 2.45) is 0 Å². The molecule has 104 valence electrons. The lowest BCUT2D eigenvalue weighted by Gasteiger charge is -2.39. The number of rotatable bonds is 5. The van der Waals surface area contributed by atoms with E-state index in [1.807, 2.05) is 0 Å². The molecule has 0 saturated heterocycles. The van der Waals surface area contributed by atoms with E-state index < -0.39 is 11.4 Å². The Morgan fingerprint density at radius 1 is 1.42 bits per heavy atom. The zero-order chi connectivity index (χ0) is 14.0. The molecule has 0 amide bonds. The number of hydrogen-bond donors (Lipinski definition) is 1. The van der Waals surface area contributed by atoms with Gasteiger partial charge in [-0.1, -0.05) is 18.0 Å². The molecule has 0 atom stereocenters. The van der Waals surface area contributed by atoms with Crippen LogP contribution in [0.25, 0.3) is 0 Å². The van der Waals surface area contributed by atoms with Gasteiger partial charge >= 0.3 is 5.97 Å². The highest BCUT2D eigenvalue weighted by molar-refractivity contribution is 6.32. The van der Waals surface area contributed by atoms with Gasteiger partial charge in [0.1, 0.15) is 5.75 Å². The maximum Gasteiger partial charge on any atom is 0.314 e. The average molecular weight is 285 g/mol. The van der Waals surface area contributed by atoms with Gasteiger partial charge in [-0.05, 0) is 36.1 Å². The van der Waals surface area contributed by atoms with Gasteiger partial charge in [0.15, 0.2) is 0 Å². The van der Waals surface area contributed by atoms with Crippen molar-refractivity contribution in [2.75, 3.05) is 14.2 Å². The molecule has 1 fully saturated rings. The summed E-state index contributed by atoms with van der Waals surface area (Å²) in [6.45, 7) is 0.345. The third-order valence-electron chi connectivity index (χ3n) is 3.81. The van der Waals surface area contributed by atoms with E-state index in [2.05, 4.69) is 0 Å². The highest BCUT2D eigenvalue weighted by Gasteiger charge is 2.47. The number of carboxylic acid groups (broad SMARTS) is 1. The molecule has 0 aliphatic heterocycles. The molecular weight excluding hydrogens is 268 g/mol. The Hall–Kier alpha value is -1.26. The van der Waals surface area contributed by atoms with Crippen molar-refractivity contribution < 1.29 is 19.4 Å². The van der Waals surface area contributed by atoms with E-state index in [-0.39, 0.29) is 0 Å². The molecule has 0 spiro atoms. The van der Waals surface area contributed by atoms with Crippen molar-refractivity contribution in [2.45, 2.75) is 31.3 Å². The summed E-state index contributed by atoms with van der Waals surface area (Å²) in [5, 5.41) is 9.97. The first-order chi connectivity index (χ1) is 9.05. The van der Waals surface area contributed by atoms with E-state index in [9.17, 15) is 9.90 Å². The minimum absolute atomic E-state index is 0.345. The SMILES string of the molecule is COCc1cc(OC)c(Cl)cc1C1(C(=O)O)CCC1. The molecule has 1 aliphatic carbocycles. The van der Waals surface area contributed by atoms with Crippen molar-refractivity contribution in [3.8, 4) is 5.75 Å². The summed E-state index contributed by atoms with van der Waals surface area (Å²) in [6.07, 6.45) is 2.20. The lowest BCUT2D eigenvalue weighted by molar-refractivity contribution is -0.147. The summed E-state index contributed by atoms with van der Waals surface area (Å²) in [6, 6.07) is 3.48. The monoisotopic (exact) mass is 284 g/mol. The maximum absolute atomic E-state index is 11.6. The molecule has 4 nitrogen and oxygen atoms in total. The van der Waals surface area contributed by atoms with Gasteiger partial charge in [0.25, 0.3) is 0 Å². The predicted octanol–water partition coefficient (Wildman–Crippen LogP) is 3.00. The van der Waals surface area contributed by atoms with Crippen LogP contribution in [0.3, 0.4) is 0 Å². The van der Waals surface area contributed by atoms with Crippen LogP contribution in [0.4, 0.5) is 0 Å². The Labute approximate surface area is 117 Å². The van der Waals surface area contributed by atoms with Crippen LogP contribution in [0.2, 0.25) is 5.02 Å². The van der Waals surface area contributed by atoms with Crippen molar-refractivity contribution in [3.05, 3.63) is 28.3 Å². The summed E-state index contributed by atoms with van der Waals surface area (Å²) >= 11 is 6.13. The molecule has 19 heavy (non-hydrogen) atoms. The third kappa shape index (κ3) is 2.30. The molecule has 1 aromatic rings. The van der Waals surface area contributed by atoms with Crippen molar-refractivity contribution in [1.82, 2.24) is 0 Å². The molecular formula is C14H17ClO4. The highest BCUT2D eigenvalue weighted by Crippen LogP contribution is 2.47.